The average Bonchev–Trinajstić information content (AvgIpc) is 3.25. The summed E-state index contributed by atoms with van der Waals surface area (Å²) >= 11 is 0. The number of hydrogen-bond acceptors (Lipinski definition) is 0. The molecule has 0 amide bonds. The molecule has 10 rings (SSSR count). The zero-order valence-corrected chi connectivity index (χ0v) is 11.9. The first-order chi connectivity index (χ1) is 7.56. The van der Waals surface area contributed by atoms with Gasteiger partial charge in [0.05, 0.1) is 0 Å². The second-order valence-electron chi connectivity index (χ2n) is 10.8. The predicted octanol–water partition coefficient (Wildman–Crippen LogP) is 4.81. The normalized spacial score (nSPS) is 126. The molecule has 10 heterocycles. The van der Waals surface area contributed by atoms with Crippen molar-refractivity contribution in [2.24, 2.45) is 0 Å². The van der Waals surface area contributed by atoms with Crippen LogP contribution in [0.15, 0.2) is 0 Å². The fraction of sp³-hybridized carbons (Fsp3) is 1.00. The van der Waals surface area contributed by atoms with Gasteiger partial charge in [-0.25, -0.2) is 0 Å². The van der Waals surface area contributed by atoms with Crippen molar-refractivity contribution in [3.8, 4) is 0 Å². The Labute approximate surface area is 88.0 Å². The van der Waals surface area contributed by atoms with Gasteiger partial charge >= 0.3 is 88.0 Å². The van der Waals surface area contributed by atoms with E-state index in [0.29, 0.717) is 7.92 Å². The van der Waals surface area contributed by atoms with E-state index in [2.05, 4.69) is 13.8 Å². The Morgan fingerprint density at radius 3 is 1.44 bits per heavy atom. The first-order valence-corrected chi connectivity index (χ1v) is 15.5. The second kappa shape index (κ2) is 0.506. The molecule has 1 spiro atoms. The van der Waals surface area contributed by atoms with Crippen molar-refractivity contribution in [1.82, 2.24) is 0 Å². The molecule has 0 aromatic rings. The van der Waals surface area contributed by atoms with E-state index >= 15 is 0 Å². The number of fused-ring (bicyclic) bond motifs is 10. The van der Waals surface area contributed by atoms with Gasteiger partial charge in [-0.2, -0.15) is 0 Å². The van der Waals surface area contributed by atoms with Crippen LogP contribution in [0.1, 0.15) is 13.8 Å². The van der Waals surface area contributed by atoms with Crippen LogP contribution in [-0.4, -0.2) is 16.4 Å². The van der Waals surface area contributed by atoms with Crippen molar-refractivity contribution >= 4 is 7.92 Å². The van der Waals surface area contributed by atoms with E-state index in [4.69, 9.17) is 0 Å². The SMILES string of the molecule is CCP(CC)[C]12[CH]3[CH]4[CH]5[CH]1[Fe]45321678[CH]2[CH]1[CH]6[CH]7[CH]28. The van der Waals surface area contributed by atoms with Crippen molar-refractivity contribution in [2.75, 3.05) is 12.3 Å². The van der Waals surface area contributed by atoms with Crippen LogP contribution in [0.2, 0.25) is 43.3 Å². The van der Waals surface area contributed by atoms with Crippen LogP contribution in [0, 0.1) is 0 Å². The van der Waals surface area contributed by atoms with Crippen LogP contribution in [-0.2, 0) is 6.51 Å². The Morgan fingerprint density at radius 2 is 1.25 bits per heavy atom. The second-order valence-corrected chi connectivity index (χ2v) is 37.9. The monoisotopic (exact) mass is 274 g/mol. The van der Waals surface area contributed by atoms with Crippen LogP contribution in [0.25, 0.3) is 0 Å². The Bertz CT molecular complexity index is 829. The van der Waals surface area contributed by atoms with Crippen LogP contribution in [0.3, 0.4) is 0 Å². The number of hydrogen-bond donors (Lipinski definition) is 0. The van der Waals surface area contributed by atoms with Gasteiger partial charge in [0.25, 0.3) is 0 Å². The number of rotatable bonds is 3. The summed E-state index contributed by atoms with van der Waals surface area (Å²) in [6, 6.07) is 0. The Kier molecular flexibility index (Phi) is 0.202. The van der Waals surface area contributed by atoms with Gasteiger partial charge in [0.2, 0.25) is 0 Å². The van der Waals surface area contributed by atoms with Gasteiger partial charge < -0.3 is 0 Å². The molecule has 0 nitrogen and oxygen atoms in total. The van der Waals surface area contributed by atoms with Crippen molar-refractivity contribution in [1.29, 1.82) is 0 Å². The summed E-state index contributed by atoms with van der Waals surface area (Å²) in [5, 5.41) is 0. The van der Waals surface area contributed by atoms with Crippen LogP contribution in [0.4, 0.5) is 0 Å². The van der Waals surface area contributed by atoms with Crippen molar-refractivity contribution < 1.29 is 6.51 Å². The molecule has 4 unspecified atom stereocenters. The predicted molar refractivity (Wildman–Crippen MR) is 64.5 cm³/mol. The fourth-order valence-corrected chi connectivity index (χ4v) is 108. The van der Waals surface area contributed by atoms with E-state index in [1.165, 1.54) is 4.05 Å². The standard InChI is InChI=1S/C9H14P.C5H5.Fe/c1-3-10(4-2)9-7-5-6-8-9;1-2-4-5-3-1;/h5-8H,3-4H2,1-2H3;1-5H;. The van der Waals surface area contributed by atoms with E-state index in [1.807, 2.05) is 0 Å². The Hall–Kier alpha value is 0.949. The van der Waals surface area contributed by atoms with Crippen LogP contribution < -0.4 is 0 Å². The summed E-state index contributed by atoms with van der Waals surface area (Å²) in [6.45, 7) is 2.48. The first-order valence-electron chi connectivity index (χ1n) is 7.53. The molecule has 0 saturated carbocycles. The van der Waals surface area contributed by atoms with Gasteiger partial charge in [0.1, 0.15) is 0 Å². The van der Waals surface area contributed by atoms with Crippen LogP contribution >= 0.6 is 7.92 Å². The summed E-state index contributed by atoms with van der Waals surface area (Å²) in [4.78, 5) is 14.1. The quantitative estimate of drug-likeness (QED) is 0.512. The topological polar surface area (TPSA) is 0 Å². The maximum absolute atomic E-state index is 2.63. The van der Waals surface area contributed by atoms with Gasteiger partial charge in [-0.05, 0) is 0 Å². The minimum absolute atomic E-state index is 0.526. The summed E-state index contributed by atoms with van der Waals surface area (Å²) in [5.74, 6) is 0. The molecular formula is C14H19FeP. The molecule has 88 valence electrons. The summed E-state index contributed by atoms with van der Waals surface area (Å²) in [5.41, 5.74) is 0. The molecule has 10 saturated heterocycles. The molecule has 0 bridgehead atoms. The molecule has 16 heavy (non-hydrogen) atoms. The molecule has 0 aliphatic carbocycles. The van der Waals surface area contributed by atoms with Gasteiger partial charge in [0, 0.05) is 0 Å². The van der Waals surface area contributed by atoms with Gasteiger partial charge in [-0.1, -0.05) is 0 Å². The Balaban J connectivity index is 1.66. The fourth-order valence-electron chi connectivity index (χ4n) is 17.6. The summed E-state index contributed by atoms with van der Waals surface area (Å²) in [6.07, 6.45) is 3.24. The minimum atomic E-state index is -2.63. The third kappa shape index (κ3) is 0.0580. The third-order valence-electron chi connectivity index (χ3n) is 15.8. The van der Waals surface area contributed by atoms with Crippen LogP contribution in [0.5, 0.6) is 0 Å². The van der Waals surface area contributed by atoms with Gasteiger partial charge in [0.15, 0.2) is 0 Å². The molecule has 10 fully saturated rings. The molecule has 10 aliphatic rings. The zero-order valence-electron chi connectivity index (χ0n) is 9.91. The van der Waals surface area contributed by atoms with E-state index in [0.717, 1.165) is 0 Å². The van der Waals surface area contributed by atoms with Crippen molar-refractivity contribution in [3.63, 3.8) is 0 Å². The molecule has 0 N–H and O–H groups in total. The van der Waals surface area contributed by atoms with E-state index in [9.17, 15) is 0 Å². The van der Waals surface area contributed by atoms with E-state index < -0.39 is 6.51 Å². The Morgan fingerprint density at radius 1 is 0.812 bits per heavy atom. The van der Waals surface area contributed by atoms with E-state index in [1.54, 1.807) is 55.7 Å². The molecular weight excluding hydrogens is 255 g/mol. The third-order valence-corrected chi connectivity index (χ3v) is 65.7. The molecule has 0 aromatic carbocycles. The molecule has 2 heteroatoms. The van der Waals surface area contributed by atoms with Crippen molar-refractivity contribution in [3.05, 3.63) is 0 Å². The summed E-state index contributed by atoms with van der Waals surface area (Å²) in [7, 11) is 0.526. The molecule has 4 atom stereocenters. The molecule has 0 aromatic heterocycles. The summed E-state index contributed by atoms with van der Waals surface area (Å²) < 4.78 is 1.28. The maximum atomic E-state index is 2.56. The van der Waals surface area contributed by atoms with E-state index in [-0.39, 0.29) is 0 Å². The van der Waals surface area contributed by atoms with Gasteiger partial charge in [-0.3, -0.25) is 0 Å². The molecule has 10 aliphatic heterocycles. The zero-order chi connectivity index (χ0) is 10.0. The first kappa shape index (κ1) is 6.40. The average molecular weight is 274 g/mol. The van der Waals surface area contributed by atoms with Crippen molar-refractivity contribution in [2.45, 2.75) is 61.2 Å². The molecule has 0 radical (unpaired) electrons. The van der Waals surface area contributed by atoms with Gasteiger partial charge in [-0.15, -0.1) is 0 Å².